The molecule has 0 radical (unpaired) electrons. The zero-order valence-electron chi connectivity index (χ0n) is 15.2. The minimum absolute atomic E-state index is 0.0224. The first kappa shape index (κ1) is 17.8. The van der Waals surface area contributed by atoms with Gasteiger partial charge in [-0.25, -0.2) is 0 Å². The van der Waals surface area contributed by atoms with Crippen molar-refractivity contribution in [2.45, 2.75) is 72.4 Å². The van der Waals surface area contributed by atoms with Crippen molar-refractivity contribution in [1.82, 2.24) is 5.32 Å². The molecule has 23 heavy (non-hydrogen) atoms. The topological polar surface area (TPSA) is 38.3 Å². The maximum atomic E-state index is 12.5. The standard InChI is InChI=1S/C20H31NO2/c1-13(2)19(14(3)4)21-20(22)15(5)23-18-12-8-10-16-9-6-7-11-17(16)18/h8,10,12-15,19H,6-7,9,11H2,1-5H3,(H,21,22)/t15-/m0/s1. The molecule has 128 valence electrons. The minimum Gasteiger partial charge on any atom is -0.481 e. The van der Waals surface area contributed by atoms with Crippen LogP contribution in [0.3, 0.4) is 0 Å². The lowest BCUT2D eigenvalue weighted by Gasteiger charge is -2.28. The first-order valence-electron chi connectivity index (χ1n) is 8.98. The second-order valence-corrected chi connectivity index (χ2v) is 7.38. The zero-order valence-corrected chi connectivity index (χ0v) is 15.2. The van der Waals surface area contributed by atoms with E-state index in [1.807, 2.05) is 19.1 Å². The first-order chi connectivity index (χ1) is 10.9. The van der Waals surface area contributed by atoms with Crippen LogP contribution in [0.1, 0.15) is 58.6 Å². The molecule has 1 atom stereocenters. The van der Waals surface area contributed by atoms with Gasteiger partial charge in [0.25, 0.3) is 5.91 Å². The highest BCUT2D eigenvalue weighted by Crippen LogP contribution is 2.30. The highest BCUT2D eigenvalue weighted by Gasteiger charge is 2.24. The van der Waals surface area contributed by atoms with Crippen LogP contribution in [0.2, 0.25) is 0 Å². The quantitative estimate of drug-likeness (QED) is 0.856. The number of nitrogens with one attached hydrogen (secondary N) is 1. The van der Waals surface area contributed by atoms with Crippen molar-refractivity contribution >= 4 is 5.91 Å². The minimum atomic E-state index is -0.469. The summed E-state index contributed by atoms with van der Waals surface area (Å²) in [7, 11) is 0. The third-order valence-corrected chi connectivity index (χ3v) is 4.77. The number of ether oxygens (including phenoxy) is 1. The number of benzene rings is 1. The molecule has 0 aromatic heterocycles. The van der Waals surface area contributed by atoms with Gasteiger partial charge in [-0.2, -0.15) is 0 Å². The normalized spacial score (nSPS) is 15.7. The third-order valence-electron chi connectivity index (χ3n) is 4.77. The van der Waals surface area contributed by atoms with E-state index in [1.54, 1.807) is 0 Å². The van der Waals surface area contributed by atoms with Crippen LogP contribution in [-0.2, 0) is 17.6 Å². The van der Waals surface area contributed by atoms with Gasteiger partial charge in [0.15, 0.2) is 6.10 Å². The summed E-state index contributed by atoms with van der Waals surface area (Å²) in [6.07, 6.45) is 4.16. The smallest absolute Gasteiger partial charge is 0.261 e. The molecule has 0 fully saturated rings. The summed E-state index contributed by atoms with van der Waals surface area (Å²) in [6, 6.07) is 6.39. The van der Waals surface area contributed by atoms with E-state index in [0.717, 1.165) is 18.6 Å². The average molecular weight is 317 g/mol. The van der Waals surface area contributed by atoms with E-state index in [-0.39, 0.29) is 11.9 Å². The van der Waals surface area contributed by atoms with Gasteiger partial charge in [-0.3, -0.25) is 4.79 Å². The first-order valence-corrected chi connectivity index (χ1v) is 8.98. The van der Waals surface area contributed by atoms with Crippen LogP contribution in [-0.4, -0.2) is 18.1 Å². The summed E-state index contributed by atoms with van der Waals surface area (Å²) in [5, 5.41) is 3.15. The second kappa shape index (κ2) is 7.85. The van der Waals surface area contributed by atoms with Gasteiger partial charge in [0.2, 0.25) is 0 Å². The van der Waals surface area contributed by atoms with Crippen LogP contribution in [0.25, 0.3) is 0 Å². The Morgan fingerprint density at radius 3 is 2.35 bits per heavy atom. The van der Waals surface area contributed by atoms with E-state index in [1.165, 1.54) is 24.0 Å². The summed E-state index contributed by atoms with van der Waals surface area (Å²) in [5.41, 5.74) is 2.67. The molecule has 0 spiro atoms. The molecular weight excluding hydrogens is 286 g/mol. The molecule has 1 aromatic carbocycles. The Hall–Kier alpha value is -1.51. The Morgan fingerprint density at radius 2 is 1.70 bits per heavy atom. The summed E-state index contributed by atoms with van der Waals surface area (Å²) in [5.74, 6) is 1.69. The lowest BCUT2D eigenvalue weighted by atomic mass is 9.91. The Kier molecular flexibility index (Phi) is 6.09. The molecule has 3 heteroatoms. The molecule has 0 heterocycles. The molecule has 1 aliphatic carbocycles. The number of hydrogen-bond donors (Lipinski definition) is 1. The van der Waals surface area contributed by atoms with E-state index in [4.69, 9.17) is 4.74 Å². The summed E-state index contributed by atoms with van der Waals surface area (Å²) < 4.78 is 6.02. The van der Waals surface area contributed by atoms with Crippen molar-refractivity contribution in [3.63, 3.8) is 0 Å². The molecule has 0 saturated carbocycles. The van der Waals surface area contributed by atoms with Crippen molar-refractivity contribution in [3.05, 3.63) is 29.3 Å². The van der Waals surface area contributed by atoms with E-state index >= 15 is 0 Å². The summed E-state index contributed by atoms with van der Waals surface area (Å²) in [4.78, 5) is 12.5. The lowest BCUT2D eigenvalue weighted by Crippen LogP contribution is -2.47. The van der Waals surface area contributed by atoms with E-state index < -0.39 is 6.10 Å². The van der Waals surface area contributed by atoms with Crippen molar-refractivity contribution in [1.29, 1.82) is 0 Å². The van der Waals surface area contributed by atoms with Gasteiger partial charge in [0, 0.05) is 6.04 Å². The number of carbonyl (C=O) groups is 1. The number of amides is 1. The zero-order chi connectivity index (χ0) is 17.0. The predicted octanol–water partition coefficient (Wildman–Crippen LogP) is 4.13. The third kappa shape index (κ3) is 4.49. The monoisotopic (exact) mass is 317 g/mol. The Balaban J connectivity index is 2.04. The molecule has 2 rings (SSSR count). The van der Waals surface area contributed by atoms with Gasteiger partial charge in [0.1, 0.15) is 5.75 Å². The average Bonchev–Trinajstić information content (AvgIpc) is 2.52. The Bertz CT molecular complexity index is 528. The largest absolute Gasteiger partial charge is 0.481 e. The number of carbonyl (C=O) groups excluding carboxylic acids is 1. The Labute approximate surface area is 140 Å². The number of fused-ring (bicyclic) bond motifs is 1. The molecule has 0 bridgehead atoms. The number of hydrogen-bond acceptors (Lipinski definition) is 2. The van der Waals surface area contributed by atoms with Crippen LogP contribution >= 0.6 is 0 Å². The van der Waals surface area contributed by atoms with Gasteiger partial charge in [-0.1, -0.05) is 39.8 Å². The van der Waals surface area contributed by atoms with E-state index in [0.29, 0.717) is 11.8 Å². The summed E-state index contributed by atoms with van der Waals surface area (Å²) in [6.45, 7) is 10.4. The maximum absolute atomic E-state index is 12.5. The predicted molar refractivity (Wildman–Crippen MR) is 94.8 cm³/mol. The SMILES string of the molecule is CC(C)C(NC(=O)[C@H](C)Oc1cccc2c1CCCC2)C(C)C. The molecule has 0 unspecified atom stereocenters. The summed E-state index contributed by atoms with van der Waals surface area (Å²) >= 11 is 0. The van der Waals surface area contributed by atoms with Gasteiger partial charge in [-0.05, 0) is 61.6 Å². The second-order valence-electron chi connectivity index (χ2n) is 7.38. The number of rotatable bonds is 6. The van der Waals surface area contributed by atoms with Gasteiger partial charge in [0.05, 0.1) is 0 Å². The van der Waals surface area contributed by atoms with Crippen molar-refractivity contribution in [2.75, 3.05) is 0 Å². The highest BCUT2D eigenvalue weighted by atomic mass is 16.5. The highest BCUT2D eigenvalue weighted by molar-refractivity contribution is 5.81. The van der Waals surface area contributed by atoms with Crippen LogP contribution in [0, 0.1) is 11.8 Å². The van der Waals surface area contributed by atoms with Gasteiger partial charge < -0.3 is 10.1 Å². The van der Waals surface area contributed by atoms with Crippen LogP contribution in [0.4, 0.5) is 0 Å². The van der Waals surface area contributed by atoms with Crippen LogP contribution in [0.15, 0.2) is 18.2 Å². The van der Waals surface area contributed by atoms with Crippen molar-refractivity contribution in [3.8, 4) is 5.75 Å². The molecule has 1 amide bonds. The van der Waals surface area contributed by atoms with Crippen LogP contribution < -0.4 is 10.1 Å². The molecule has 1 N–H and O–H groups in total. The van der Waals surface area contributed by atoms with Gasteiger partial charge >= 0.3 is 0 Å². The molecule has 0 saturated heterocycles. The fraction of sp³-hybridized carbons (Fsp3) is 0.650. The van der Waals surface area contributed by atoms with E-state index in [9.17, 15) is 4.79 Å². The molecule has 1 aliphatic rings. The van der Waals surface area contributed by atoms with Crippen molar-refractivity contribution in [2.24, 2.45) is 11.8 Å². The Morgan fingerprint density at radius 1 is 1.04 bits per heavy atom. The number of aryl methyl sites for hydroxylation is 1. The van der Waals surface area contributed by atoms with Gasteiger partial charge in [-0.15, -0.1) is 0 Å². The van der Waals surface area contributed by atoms with Crippen molar-refractivity contribution < 1.29 is 9.53 Å². The van der Waals surface area contributed by atoms with E-state index in [2.05, 4.69) is 39.1 Å². The maximum Gasteiger partial charge on any atom is 0.261 e. The molecule has 0 aliphatic heterocycles. The fourth-order valence-electron chi connectivity index (χ4n) is 3.49. The lowest BCUT2D eigenvalue weighted by molar-refractivity contribution is -0.128. The fourth-order valence-corrected chi connectivity index (χ4v) is 3.49. The van der Waals surface area contributed by atoms with Crippen LogP contribution in [0.5, 0.6) is 5.75 Å². The molecule has 1 aromatic rings. The molecule has 3 nitrogen and oxygen atoms in total. The molecular formula is C20H31NO2.